The number of amides is 1. The zero-order valence-electron chi connectivity index (χ0n) is 16.6. The van der Waals surface area contributed by atoms with E-state index >= 15 is 0 Å². The number of para-hydroxylation sites is 1. The number of hydrogen-bond acceptors (Lipinski definition) is 4. The number of hydrogen-bond donors (Lipinski definition) is 1. The first-order valence-electron chi connectivity index (χ1n) is 9.69. The minimum atomic E-state index is -3.66. The normalized spacial score (nSPS) is 16.3. The highest BCUT2D eigenvalue weighted by molar-refractivity contribution is 7.89. The Kier molecular flexibility index (Phi) is 5.18. The number of nitrogens with zero attached hydrogens (tertiary/aromatic N) is 4. The molecular formula is C20H25N5O3S. The second-order valence-corrected chi connectivity index (χ2v) is 9.30. The molecule has 3 heterocycles. The molecule has 3 aromatic rings. The molecule has 0 unspecified atom stereocenters. The van der Waals surface area contributed by atoms with Crippen molar-refractivity contribution in [2.24, 2.45) is 7.05 Å². The van der Waals surface area contributed by atoms with Crippen LogP contribution >= 0.6 is 0 Å². The van der Waals surface area contributed by atoms with E-state index in [4.69, 9.17) is 0 Å². The number of rotatable bonds is 4. The largest absolute Gasteiger partial charge is 0.361 e. The second-order valence-electron chi connectivity index (χ2n) is 7.41. The van der Waals surface area contributed by atoms with Gasteiger partial charge in [-0.25, -0.2) is 13.4 Å². The predicted molar refractivity (Wildman–Crippen MR) is 110 cm³/mol. The van der Waals surface area contributed by atoms with Gasteiger partial charge in [-0.3, -0.25) is 4.79 Å². The van der Waals surface area contributed by atoms with Gasteiger partial charge in [0, 0.05) is 56.5 Å². The molecule has 0 saturated carbocycles. The van der Waals surface area contributed by atoms with Crippen LogP contribution in [0.15, 0.2) is 41.7 Å². The van der Waals surface area contributed by atoms with Gasteiger partial charge >= 0.3 is 0 Å². The Morgan fingerprint density at radius 3 is 2.72 bits per heavy atom. The third kappa shape index (κ3) is 3.79. The highest BCUT2D eigenvalue weighted by Crippen LogP contribution is 2.20. The molecule has 154 valence electrons. The molecule has 1 saturated heterocycles. The van der Waals surface area contributed by atoms with Crippen LogP contribution in [0.5, 0.6) is 0 Å². The zero-order valence-corrected chi connectivity index (χ0v) is 17.4. The number of carbonyl (C=O) groups excluding carboxylic acids is 1. The number of aromatic amines is 1. The zero-order chi connectivity index (χ0) is 20.6. The summed E-state index contributed by atoms with van der Waals surface area (Å²) in [6.07, 6.45) is 4.32. The Hall–Kier alpha value is -2.65. The third-order valence-corrected chi connectivity index (χ3v) is 7.29. The maximum Gasteiger partial charge on any atom is 0.262 e. The van der Waals surface area contributed by atoms with Crippen LogP contribution in [-0.4, -0.2) is 64.2 Å². The summed E-state index contributed by atoms with van der Waals surface area (Å²) in [6.45, 7) is 3.36. The molecule has 1 aliphatic rings. The van der Waals surface area contributed by atoms with Gasteiger partial charge in [-0.05, 0) is 25.0 Å². The van der Waals surface area contributed by atoms with Crippen molar-refractivity contribution >= 4 is 26.8 Å². The summed E-state index contributed by atoms with van der Waals surface area (Å²) >= 11 is 0. The second kappa shape index (κ2) is 7.64. The molecule has 1 amide bonds. The quantitative estimate of drug-likeness (QED) is 0.702. The van der Waals surface area contributed by atoms with Crippen LogP contribution in [-0.2, 0) is 28.3 Å². The summed E-state index contributed by atoms with van der Waals surface area (Å²) < 4.78 is 29.0. The number of carbonyl (C=O) groups is 1. The van der Waals surface area contributed by atoms with Crippen molar-refractivity contribution in [2.45, 2.75) is 24.8 Å². The first kappa shape index (κ1) is 19.7. The fourth-order valence-electron chi connectivity index (χ4n) is 3.72. The molecule has 4 rings (SSSR count). The van der Waals surface area contributed by atoms with Gasteiger partial charge in [0.05, 0.1) is 6.42 Å². The minimum Gasteiger partial charge on any atom is -0.361 e. The number of H-pyrrole nitrogens is 1. The number of fused-ring (bicyclic) bond motifs is 1. The molecule has 1 fully saturated rings. The fourth-order valence-corrected chi connectivity index (χ4v) is 5.21. The van der Waals surface area contributed by atoms with Crippen LogP contribution < -0.4 is 0 Å². The van der Waals surface area contributed by atoms with Crippen molar-refractivity contribution in [3.8, 4) is 0 Å². The van der Waals surface area contributed by atoms with Gasteiger partial charge in [0.25, 0.3) is 10.0 Å². The van der Waals surface area contributed by atoms with E-state index in [9.17, 15) is 13.2 Å². The molecule has 8 nitrogen and oxygen atoms in total. The van der Waals surface area contributed by atoms with E-state index < -0.39 is 10.0 Å². The van der Waals surface area contributed by atoms with E-state index in [1.807, 2.05) is 30.5 Å². The van der Waals surface area contributed by atoms with E-state index in [0.717, 1.165) is 16.5 Å². The molecule has 2 aromatic heterocycles. The monoisotopic (exact) mass is 415 g/mol. The first-order valence-corrected chi connectivity index (χ1v) is 11.1. The van der Waals surface area contributed by atoms with Crippen LogP contribution in [0.4, 0.5) is 0 Å². The predicted octanol–water partition coefficient (Wildman–Crippen LogP) is 1.68. The number of benzene rings is 1. The van der Waals surface area contributed by atoms with Gasteiger partial charge in [-0.15, -0.1) is 0 Å². The standard InChI is InChI=1S/C20H25N5O3S/c1-15-22-19(14-23(15)2)29(27,28)25-9-5-8-24(10-11-25)20(26)12-16-13-21-18-7-4-3-6-17(16)18/h3-4,6-7,13-14,21H,5,8-12H2,1-2H3. The summed E-state index contributed by atoms with van der Waals surface area (Å²) in [6, 6.07) is 7.90. The lowest BCUT2D eigenvalue weighted by molar-refractivity contribution is -0.130. The van der Waals surface area contributed by atoms with Crippen LogP contribution in [0.3, 0.4) is 0 Å². The fraction of sp³-hybridized carbons (Fsp3) is 0.400. The molecule has 0 spiro atoms. The van der Waals surface area contributed by atoms with E-state index in [1.165, 1.54) is 10.5 Å². The van der Waals surface area contributed by atoms with Crippen molar-refractivity contribution in [1.29, 1.82) is 0 Å². The van der Waals surface area contributed by atoms with Crippen molar-refractivity contribution in [2.75, 3.05) is 26.2 Å². The summed E-state index contributed by atoms with van der Waals surface area (Å²) in [5, 5.41) is 1.11. The maximum absolute atomic E-state index is 12.9. The Balaban J connectivity index is 1.45. The number of sulfonamides is 1. The number of aryl methyl sites for hydroxylation is 2. The summed E-state index contributed by atoms with van der Waals surface area (Å²) in [5.74, 6) is 0.664. The van der Waals surface area contributed by atoms with Crippen molar-refractivity contribution in [3.63, 3.8) is 0 Å². The van der Waals surface area contributed by atoms with E-state index in [-0.39, 0.29) is 17.5 Å². The highest BCUT2D eigenvalue weighted by Gasteiger charge is 2.30. The van der Waals surface area contributed by atoms with Gasteiger partial charge in [0.2, 0.25) is 5.91 Å². The molecular weight excluding hydrogens is 390 g/mol. The summed E-state index contributed by atoms with van der Waals surface area (Å²) in [7, 11) is -1.88. The lowest BCUT2D eigenvalue weighted by atomic mass is 10.1. The molecule has 0 aliphatic carbocycles. The molecule has 0 bridgehead atoms. The summed E-state index contributed by atoms with van der Waals surface area (Å²) in [4.78, 5) is 22.0. The Morgan fingerprint density at radius 1 is 1.17 bits per heavy atom. The third-order valence-electron chi connectivity index (χ3n) is 5.51. The SMILES string of the molecule is Cc1nc(S(=O)(=O)N2CCCN(C(=O)Cc3c[nH]c4ccccc34)CC2)cn1C. The van der Waals surface area contributed by atoms with Crippen LogP contribution in [0.2, 0.25) is 0 Å². The lowest BCUT2D eigenvalue weighted by Crippen LogP contribution is -2.38. The Bertz CT molecular complexity index is 1130. The molecule has 29 heavy (non-hydrogen) atoms. The van der Waals surface area contributed by atoms with Gasteiger partial charge in [0.1, 0.15) is 5.82 Å². The number of imidazole rings is 1. The number of aromatic nitrogens is 3. The topological polar surface area (TPSA) is 91.3 Å². The number of nitrogens with one attached hydrogen (secondary N) is 1. The van der Waals surface area contributed by atoms with E-state index in [2.05, 4.69) is 9.97 Å². The Morgan fingerprint density at radius 2 is 1.97 bits per heavy atom. The molecule has 9 heteroatoms. The van der Waals surface area contributed by atoms with E-state index in [1.54, 1.807) is 23.4 Å². The first-order chi connectivity index (χ1) is 13.9. The molecule has 0 radical (unpaired) electrons. The van der Waals surface area contributed by atoms with Crippen LogP contribution in [0.25, 0.3) is 10.9 Å². The van der Waals surface area contributed by atoms with Gasteiger partial charge in [0.15, 0.2) is 5.03 Å². The average Bonchev–Trinajstić information content (AvgIpc) is 3.14. The maximum atomic E-state index is 12.9. The smallest absolute Gasteiger partial charge is 0.262 e. The lowest BCUT2D eigenvalue weighted by Gasteiger charge is -2.21. The van der Waals surface area contributed by atoms with E-state index in [0.29, 0.717) is 38.3 Å². The Labute approximate surface area is 170 Å². The van der Waals surface area contributed by atoms with Crippen LogP contribution in [0, 0.1) is 6.92 Å². The van der Waals surface area contributed by atoms with Crippen molar-refractivity contribution < 1.29 is 13.2 Å². The molecule has 1 aromatic carbocycles. The molecule has 0 atom stereocenters. The van der Waals surface area contributed by atoms with Crippen molar-refractivity contribution in [3.05, 3.63) is 48.0 Å². The van der Waals surface area contributed by atoms with Crippen LogP contribution in [0.1, 0.15) is 17.8 Å². The molecule has 1 aliphatic heterocycles. The van der Waals surface area contributed by atoms with Gasteiger partial charge < -0.3 is 14.5 Å². The molecule has 1 N–H and O–H groups in total. The minimum absolute atomic E-state index is 0.0164. The van der Waals surface area contributed by atoms with Gasteiger partial charge in [-0.2, -0.15) is 4.31 Å². The average molecular weight is 416 g/mol. The summed E-state index contributed by atoms with van der Waals surface area (Å²) in [5.41, 5.74) is 1.97. The van der Waals surface area contributed by atoms with Gasteiger partial charge in [-0.1, -0.05) is 18.2 Å². The van der Waals surface area contributed by atoms with Crippen molar-refractivity contribution in [1.82, 2.24) is 23.7 Å². The highest BCUT2D eigenvalue weighted by atomic mass is 32.2.